The van der Waals surface area contributed by atoms with Gasteiger partial charge in [0.1, 0.15) is 11.4 Å². The van der Waals surface area contributed by atoms with Crippen molar-refractivity contribution >= 4 is 11.6 Å². The highest BCUT2D eigenvalue weighted by atomic mass is 19.1. The monoisotopic (exact) mass is 315 g/mol. The van der Waals surface area contributed by atoms with E-state index in [0.29, 0.717) is 37.6 Å². The lowest BCUT2D eigenvalue weighted by atomic mass is 10.2. The molecule has 3 rings (SSSR count). The molecule has 0 atom stereocenters. The van der Waals surface area contributed by atoms with Crippen LogP contribution >= 0.6 is 0 Å². The second kappa shape index (κ2) is 6.64. The van der Waals surface area contributed by atoms with Gasteiger partial charge in [-0.25, -0.2) is 9.37 Å². The Bertz CT molecular complexity index is 682. The van der Waals surface area contributed by atoms with Crippen molar-refractivity contribution in [2.24, 2.45) is 0 Å². The standard InChI is InChI=1S/C17H18FN3O2/c1-23-16-15(3-2-8-19-16)17(22)21-11-9-20(10-12-21)14-6-4-13(18)5-7-14/h2-8H,9-12H2,1H3. The molecule has 1 aromatic carbocycles. The van der Waals surface area contributed by atoms with Crippen molar-refractivity contribution < 1.29 is 13.9 Å². The van der Waals surface area contributed by atoms with E-state index in [1.165, 1.54) is 19.2 Å². The summed E-state index contributed by atoms with van der Waals surface area (Å²) in [6, 6.07) is 9.87. The van der Waals surface area contributed by atoms with E-state index in [0.717, 1.165) is 5.69 Å². The van der Waals surface area contributed by atoms with Crippen molar-refractivity contribution in [3.8, 4) is 5.88 Å². The van der Waals surface area contributed by atoms with Crippen LogP contribution in [0.25, 0.3) is 0 Å². The smallest absolute Gasteiger partial charge is 0.259 e. The van der Waals surface area contributed by atoms with Gasteiger partial charge >= 0.3 is 0 Å². The molecule has 1 amide bonds. The molecule has 1 aliphatic rings. The molecular weight excluding hydrogens is 297 g/mol. The number of benzene rings is 1. The van der Waals surface area contributed by atoms with Gasteiger partial charge in [0, 0.05) is 38.1 Å². The van der Waals surface area contributed by atoms with E-state index in [1.54, 1.807) is 35.4 Å². The summed E-state index contributed by atoms with van der Waals surface area (Å²) in [5, 5.41) is 0. The first-order valence-electron chi connectivity index (χ1n) is 7.48. The fourth-order valence-electron chi connectivity index (χ4n) is 2.71. The van der Waals surface area contributed by atoms with Gasteiger partial charge in [0.2, 0.25) is 5.88 Å². The zero-order valence-electron chi connectivity index (χ0n) is 12.9. The Morgan fingerprint density at radius 2 is 1.83 bits per heavy atom. The van der Waals surface area contributed by atoms with E-state index >= 15 is 0 Å². The number of piperazine rings is 1. The highest BCUT2D eigenvalue weighted by molar-refractivity contribution is 5.96. The normalized spacial score (nSPS) is 14.7. The Labute approximate surface area is 134 Å². The molecule has 1 fully saturated rings. The maximum atomic E-state index is 13.0. The molecule has 0 saturated carbocycles. The van der Waals surface area contributed by atoms with E-state index < -0.39 is 0 Å². The molecule has 6 heteroatoms. The first kappa shape index (κ1) is 15.3. The lowest BCUT2D eigenvalue weighted by molar-refractivity contribution is 0.0742. The van der Waals surface area contributed by atoms with Crippen molar-refractivity contribution in [3.05, 3.63) is 54.0 Å². The van der Waals surface area contributed by atoms with E-state index in [-0.39, 0.29) is 11.7 Å². The number of amides is 1. The van der Waals surface area contributed by atoms with Crippen LogP contribution in [0.4, 0.5) is 10.1 Å². The third-order valence-electron chi connectivity index (χ3n) is 3.95. The van der Waals surface area contributed by atoms with Gasteiger partial charge in [0.05, 0.1) is 7.11 Å². The summed E-state index contributed by atoms with van der Waals surface area (Å²) in [5.74, 6) is 0.0263. The van der Waals surface area contributed by atoms with Gasteiger partial charge in [0.15, 0.2) is 0 Å². The average molecular weight is 315 g/mol. The second-order valence-electron chi connectivity index (χ2n) is 5.32. The Hall–Kier alpha value is -2.63. The fourth-order valence-corrected chi connectivity index (χ4v) is 2.71. The minimum absolute atomic E-state index is 0.0753. The lowest BCUT2D eigenvalue weighted by Crippen LogP contribution is -2.48. The molecule has 0 N–H and O–H groups in total. The third kappa shape index (κ3) is 3.26. The molecule has 1 aromatic heterocycles. The molecule has 1 saturated heterocycles. The minimum Gasteiger partial charge on any atom is -0.480 e. The molecular formula is C17H18FN3O2. The van der Waals surface area contributed by atoms with Crippen molar-refractivity contribution in [2.75, 3.05) is 38.2 Å². The number of ether oxygens (including phenoxy) is 1. The predicted molar refractivity (Wildman–Crippen MR) is 85.3 cm³/mol. The fraction of sp³-hybridized carbons (Fsp3) is 0.294. The van der Waals surface area contributed by atoms with Crippen molar-refractivity contribution in [1.82, 2.24) is 9.88 Å². The molecule has 1 aliphatic heterocycles. The molecule has 0 radical (unpaired) electrons. The number of rotatable bonds is 3. The number of hydrogen-bond donors (Lipinski definition) is 0. The topological polar surface area (TPSA) is 45.7 Å². The van der Waals surface area contributed by atoms with Crippen molar-refractivity contribution in [2.45, 2.75) is 0 Å². The van der Waals surface area contributed by atoms with E-state index in [2.05, 4.69) is 9.88 Å². The molecule has 23 heavy (non-hydrogen) atoms. The SMILES string of the molecule is COc1ncccc1C(=O)N1CCN(c2ccc(F)cc2)CC1. The van der Waals surface area contributed by atoms with Gasteiger partial charge in [-0.2, -0.15) is 0 Å². The quantitative estimate of drug-likeness (QED) is 0.871. The summed E-state index contributed by atoms with van der Waals surface area (Å²) in [6.07, 6.45) is 1.60. The van der Waals surface area contributed by atoms with Crippen LogP contribution in [0.15, 0.2) is 42.6 Å². The maximum Gasteiger partial charge on any atom is 0.259 e. The van der Waals surface area contributed by atoms with Gasteiger partial charge in [0.25, 0.3) is 5.91 Å². The molecule has 0 bridgehead atoms. The Kier molecular flexibility index (Phi) is 4.41. The largest absolute Gasteiger partial charge is 0.480 e. The van der Waals surface area contributed by atoms with Crippen LogP contribution in [0.2, 0.25) is 0 Å². The van der Waals surface area contributed by atoms with Crippen LogP contribution < -0.4 is 9.64 Å². The zero-order valence-corrected chi connectivity index (χ0v) is 12.9. The molecule has 0 spiro atoms. The number of pyridine rings is 1. The van der Waals surface area contributed by atoms with Gasteiger partial charge in [-0.1, -0.05) is 0 Å². The van der Waals surface area contributed by atoms with Gasteiger partial charge < -0.3 is 14.5 Å². The predicted octanol–water partition coefficient (Wildman–Crippen LogP) is 2.19. The van der Waals surface area contributed by atoms with Crippen LogP contribution in [-0.2, 0) is 0 Å². The third-order valence-corrected chi connectivity index (χ3v) is 3.95. The van der Waals surface area contributed by atoms with Gasteiger partial charge in [-0.3, -0.25) is 4.79 Å². The number of hydrogen-bond acceptors (Lipinski definition) is 4. The van der Waals surface area contributed by atoms with Crippen LogP contribution in [0.3, 0.4) is 0 Å². The maximum absolute atomic E-state index is 13.0. The first-order valence-corrected chi connectivity index (χ1v) is 7.48. The van der Waals surface area contributed by atoms with Gasteiger partial charge in [-0.15, -0.1) is 0 Å². The molecule has 0 unspecified atom stereocenters. The number of methoxy groups -OCH3 is 1. The van der Waals surface area contributed by atoms with Crippen molar-refractivity contribution in [3.63, 3.8) is 0 Å². The highest BCUT2D eigenvalue weighted by Crippen LogP contribution is 2.20. The van der Waals surface area contributed by atoms with Crippen LogP contribution in [0.1, 0.15) is 10.4 Å². The number of aromatic nitrogens is 1. The van der Waals surface area contributed by atoms with E-state index in [9.17, 15) is 9.18 Å². The lowest BCUT2D eigenvalue weighted by Gasteiger charge is -2.36. The van der Waals surface area contributed by atoms with Crippen LogP contribution in [-0.4, -0.2) is 49.1 Å². The molecule has 120 valence electrons. The van der Waals surface area contributed by atoms with E-state index in [1.807, 2.05) is 0 Å². The van der Waals surface area contributed by atoms with Crippen molar-refractivity contribution in [1.29, 1.82) is 0 Å². The summed E-state index contributed by atoms with van der Waals surface area (Å²) in [6.45, 7) is 2.63. The minimum atomic E-state index is -0.244. The Morgan fingerprint density at radius 3 is 2.48 bits per heavy atom. The molecule has 5 nitrogen and oxygen atoms in total. The zero-order chi connectivity index (χ0) is 16.2. The molecule has 2 heterocycles. The van der Waals surface area contributed by atoms with E-state index in [4.69, 9.17) is 4.74 Å². The summed E-state index contributed by atoms with van der Waals surface area (Å²) >= 11 is 0. The second-order valence-corrected chi connectivity index (χ2v) is 5.32. The number of carbonyl (C=O) groups excluding carboxylic acids is 1. The molecule has 0 aliphatic carbocycles. The summed E-state index contributed by atoms with van der Waals surface area (Å²) in [4.78, 5) is 20.6. The first-order chi connectivity index (χ1) is 11.2. The number of anilines is 1. The van der Waals surface area contributed by atoms with Gasteiger partial charge in [-0.05, 0) is 36.4 Å². The van der Waals surface area contributed by atoms with Crippen LogP contribution in [0.5, 0.6) is 5.88 Å². The summed E-state index contributed by atoms with van der Waals surface area (Å²) in [7, 11) is 1.51. The Morgan fingerprint density at radius 1 is 1.13 bits per heavy atom. The summed E-state index contributed by atoms with van der Waals surface area (Å²) in [5.41, 5.74) is 1.45. The Balaban J connectivity index is 1.66. The number of halogens is 1. The number of carbonyl (C=O) groups is 1. The number of nitrogens with zero attached hydrogens (tertiary/aromatic N) is 3. The van der Waals surface area contributed by atoms with Crippen LogP contribution in [0, 0.1) is 5.82 Å². The molecule has 2 aromatic rings. The average Bonchev–Trinajstić information content (AvgIpc) is 2.62. The highest BCUT2D eigenvalue weighted by Gasteiger charge is 2.24. The summed E-state index contributed by atoms with van der Waals surface area (Å²) < 4.78 is 18.1.